The first-order valence-electron chi connectivity index (χ1n) is 8.89. The molecule has 0 saturated carbocycles. The van der Waals surface area contributed by atoms with Gasteiger partial charge in [0.15, 0.2) is 5.69 Å². The molecule has 0 bridgehead atoms. The first-order chi connectivity index (χ1) is 13.4. The Bertz CT molecular complexity index is 833. The first-order valence-corrected chi connectivity index (χ1v) is 8.89. The van der Waals surface area contributed by atoms with Crippen molar-refractivity contribution in [1.82, 2.24) is 10.3 Å². The maximum absolute atomic E-state index is 13.2. The van der Waals surface area contributed by atoms with E-state index in [1.165, 1.54) is 6.07 Å². The number of hydrogen-bond acceptors (Lipinski definition) is 4. The van der Waals surface area contributed by atoms with E-state index in [1.807, 2.05) is 24.3 Å². The van der Waals surface area contributed by atoms with Gasteiger partial charge in [0.1, 0.15) is 5.75 Å². The monoisotopic (exact) mass is 394 g/mol. The van der Waals surface area contributed by atoms with Gasteiger partial charge < -0.3 is 14.8 Å². The summed E-state index contributed by atoms with van der Waals surface area (Å²) in [4.78, 5) is 15.9. The number of nitrogens with one attached hydrogen (secondary N) is 1. The Labute approximate surface area is 160 Å². The highest BCUT2D eigenvalue weighted by Gasteiger charge is 2.39. The number of hydrogen-bond donors (Lipinski definition) is 1. The van der Waals surface area contributed by atoms with Crippen molar-refractivity contribution in [2.75, 3.05) is 26.9 Å². The van der Waals surface area contributed by atoms with Gasteiger partial charge in [-0.05, 0) is 31.0 Å². The lowest BCUT2D eigenvalue weighted by atomic mass is 9.73. The average Bonchev–Trinajstić information content (AvgIpc) is 2.72. The van der Waals surface area contributed by atoms with Crippen molar-refractivity contribution in [2.24, 2.45) is 0 Å². The number of methoxy groups -OCH3 is 1. The Morgan fingerprint density at radius 3 is 2.61 bits per heavy atom. The molecule has 0 atom stereocenters. The van der Waals surface area contributed by atoms with Gasteiger partial charge in [0.05, 0.1) is 12.7 Å². The molecule has 2 heterocycles. The molecule has 150 valence electrons. The summed E-state index contributed by atoms with van der Waals surface area (Å²) >= 11 is 0. The third kappa shape index (κ3) is 4.11. The van der Waals surface area contributed by atoms with Gasteiger partial charge in [0, 0.05) is 36.9 Å². The van der Waals surface area contributed by atoms with E-state index < -0.39 is 28.8 Å². The number of benzene rings is 1. The van der Waals surface area contributed by atoms with Crippen molar-refractivity contribution in [1.29, 1.82) is 0 Å². The maximum Gasteiger partial charge on any atom is 0.434 e. The lowest BCUT2D eigenvalue weighted by Gasteiger charge is -2.38. The second-order valence-electron chi connectivity index (χ2n) is 6.67. The van der Waals surface area contributed by atoms with Crippen LogP contribution in [0.3, 0.4) is 0 Å². The molecule has 0 unspecified atom stereocenters. The Morgan fingerprint density at radius 2 is 1.93 bits per heavy atom. The van der Waals surface area contributed by atoms with E-state index in [4.69, 9.17) is 9.47 Å². The van der Waals surface area contributed by atoms with Crippen LogP contribution in [0.5, 0.6) is 5.75 Å². The van der Waals surface area contributed by atoms with Gasteiger partial charge in [0.25, 0.3) is 5.91 Å². The minimum absolute atomic E-state index is 0.168. The van der Waals surface area contributed by atoms with Gasteiger partial charge in [-0.1, -0.05) is 18.2 Å². The van der Waals surface area contributed by atoms with E-state index in [2.05, 4.69) is 10.3 Å². The van der Waals surface area contributed by atoms with Crippen LogP contribution in [-0.4, -0.2) is 37.8 Å². The molecule has 3 rings (SSSR count). The summed E-state index contributed by atoms with van der Waals surface area (Å²) in [6.07, 6.45) is -2.44. The van der Waals surface area contributed by atoms with Gasteiger partial charge in [-0.15, -0.1) is 0 Å². The maximum atomic E-state index is 13.2. The molecule has 1 N–H and O–H groups in total. The molecule has 1 aliphatic rings. The number of pyridine rings is 1. The molecule has 1 aromatic heterocycles. The van der Waals surface area contributed by atoms with Gasteiger partial charge in [-0.2, -0.15) is 13.2 Å². The Balaban J connectivity index is 1.87. The Kier molecular flexibility index (Phi) is 5.88. The van der Waals surface area contributed by atoms with Crippen LogP contribution in [0.2, 0.25) is 0 Å². The molecule has 0 spiro atoms. The van der Waals surface area contributed by atoms with Crippen LogP contribution in [0.4, 0.5) is 13.2 Å². The van der Waals surface area contributed by atoms with Crippen molar-refractivity contribution in [2.45, 2.75) is 24.4 Å². The number of carbonyl (C=O) groups excluding carboxylic acids is 1. The third-order valence-electron chi connectivity index (χ3n) is 5.04. The minimum atomic E-state index is -4.70. The molecule has 1 aromatic carbocycles. The zero-order chi connectivity index (χ0) is 20.2. The van der Waals surface area contributed by atoms with E-state index >= 15 is 0 Å². The van der Waals surface area contributed by atoms with E-state index in [9.17, 15) is 18.0 Å². The van der Waals surface area contributed by atoms with E-state index in [1.54, 1.807) is 7.11 Å². The van der Waals surface area contributed by atoms with Crippen LogP contribution in [0.1, 0.15) is 34.5 Å². The summed E-state index contributed by atoms with van der Waals surface area (Å²) in [5.41, 5.74) is -1.26. The van der Waals surface area contributed by atoms with Gasteiger partial charge in [0.2, 0.25) is 0 Å². The SMILES string of the molecule is COc1ccccc1C1(CNC(=O)c2cccnc2C(F)(F)F)CCOCC1. The summed E-state index contributed by atoms with van der Waals surface area (Å²) in [6.45, 7) is 1.16. The van der Waals surface area contributed by atoms with Crippen LogP contribution >= 0.6 is 0 Å². The average molecular weight is 394 g/mol. The predicted molar refractivity (Wildman–Crippen MR) is 96.3 cm³/mol. The highest BCUT2D eigenvalue weighted by Crippen LogP contribution is 2.39. The summed E-state index contributed by atoms with van der Waals surface area (Å²) in [5, 5.41) is 2.68. The molecule has 0 aliphatic carbocycles. The highest BCUT2D eigenvalue weighted by atomic mass is 19.4. The van der Waals surface area contributed by atoms with Gasteiger partial charge in [-0.25, -0.2) is 0 Å². The molecule has 0 radical (unpaired) electrons. The zero-order valence-corrected chi connectivity index (χ0v) is 15.4. The molecule has 8 heteroatoms. The van der Waals surface area contributed by atoms with Crippen molar-refractivity contribution in [3.8, 4) is 5.75 Å². The largest absolute Gasteiger partial charge is 0.496 e. The smallest absolute Gasteiger partial charge is 0.434 e. The van der Waals surface area contributed by atoms with Crippen molar-refractivity contribution in [3.63, 3.8) is 0 Å². The van der Waals surface area contributed by atoms with Crippen LogP contribution in [0.15, 0.2) is 42.6 Å². The van der Waals surface area contributed by atoms with Crippen LogP contribution in [0, 0.1) is 0 Å². The summed E-state index contributed by atoms with van der Waals surface area (Å²) in [7, 11) is 1.57. The Hall–Kier alpha value is -2.61. The number of nitrogens with zero attached hydrogens (tertiary/aromatic N) is 1. The number of halogens is 3. The predicted octanol–water partition coefficient (Wildman–Crippen LogP) is 3.59. The summed E-state index contributed by atoms with van der Waals surface area (Å²) in [6, 6.07) is 9.91. The number of alkyl halides is 3. The molecule has 1 aliphatic heterocycles. The van der Waals surface area contributed by atoms with Crippen molar-refractivity contribution < 1.29 is 27.4 Å². The van der Waals surface area contributed by atoms with E-state index in [0.29, 0.717) is 31.8 Å². The second kappa shape index (κ2) is 8.18. The lowest BCUT2D eigenvalue weighted by molar-refractivity contribution is -0.141. The molecule has 1 saturated heterocycles. The van der Waals surface area contributed by atoms with Crippen LogP contribution in [-0.2, 0) is 16.3 Å². The number of para-hydroxylation sites is 1. The fourth-order valence-electron chi connectivity index (χ4n) is 3.55. The number of rotatable bonds is 5. The number of carbonyl (C=O) groups is 1. The van der Waals surface area contributed by atoms with Crippen LogP contribution in [0.25, 0.3) is 0 Å². The fourth-order valence-corrected chi connectivity index (χ4v) is 3.55. The minimum Gasteiger partial charge on any atom is -0.496 e. The Morgan fingerprint density at radius 1 is 1.21 bits per heavy atom. The molecule has 28 heavy (non-hydrogen) atoms. The zero-order valence-electron chi connectivity index (χ0n) is 15.4. The topological polar surface area (TPSA) is 60.5 Å². The highest BCUT2D eigenvalue weighted by molar-refractivity contribution is 5.95. The number of ether oxygens (including phenoxy) is 2. The standard InChI is InChI=1S/C20H21F3N2O3/c1-27-16-7-3-2-6-15(16)19(8-11-28-12-9-19)13-25-18(26)14-5-4-10-24-17(14)20(21,22)23/h2-7,10H,8-9,11-13H2,1H3,(H,25,26). The molecule has 5 nitrogen and oxygen atoms in total. The van der Waals surface area contributed by atoms with Crippen molar-refractivity contribution >= 4 is 5.91 Å². The second-order valence-corrected chi connectivity index (χ2v) is 6.67. The number of aromatic nitrogens is 1. The first kappa shape index (κ1) is 20.1. The summed E-state index contributed by atoms with van der Waals surface area (Å²) < 4.78 is 50.4. The van der Waals surface area contributed by atoms with Crippen molar-refractivity contribution in [3.05, 3.63) is 59.4 Å². The quantitative estimate of drug-likeness (QED) is 0.842. The van der Waals surface area contributed by atoms with E-state index in [-0.39, 0.29) is 6.54 Å². The molecule has 1 amide bonds. The normalized spacial score (nSPS) is 16.4. The fraction of sp³-hybridized carbons (Fsp3) is 0.400. The van der Waals surface area contributed by atoms with E-state index in [0.717, 1.165) is 17.8 Å². The molecule has 1 fully saturated rings. The van der Waals surface area contributed by atoms with Crippen LogP contribution < -0.4 is 10.1 Å². The molecule has 2 aromatic rings. The third-order valence-corrected chi connectivity index (χ3v) is 5.04. The molecular weight excluding hydrogens is 373 g/mol. The number of amides is 1. The molecular formula is C20H21F3N2O3. The lowest BCUT2D eigenvalue weighted by Crippen LogP contribution is -2.45. The van der Waals surface area contributed by atoms with Gasteiger partial charge >= 0.3 is 6.18 Å². The summed E-state index contributed by atoms with van der Waals surface area (Å²) in [5.74, 6) is -0.128. The van der Waals surface area contributed by atoms with Gasteiger partial charge in [-0.3, -0.25) is 9.78 Å².